The summed E-state index contributed by atoms with van der Waals surface area (Å²) in [6.07, 6.45) is 0. The van der Waals surface area contributed by atoms with Gasteiger partial charge in [0.25, 0.3) is 10.1 Å². The van der Waals surface area contributed by atoms with E-state index in [1.165, 1.54) is 12.1 Å². The summed E-state index contributed by atoms with van der Waals surface area (Å²) in [7, 11) is -3.78. The normalized spacial score (nSPS) is 15.5. The third kappa shape index (κ3) is 4.45. The molecule has 4 rings (SSSR count). The summed E-state index contributed by atoms with van der Waals surface area (Å²) < 4.78 is 35.6. The first kappa shape index (κ1) is 20.3. The summed E-state index contributed by atoms with van der Waals surface area (Å²) in [4.78, 5) is 4.84. The second-order valence-corrected chi connectivity index (χ2v) is 9.41. The lowest BCUT2D eigenvalue weighted by atomic mass is 9.98. The van der Waals surface area contributed by atoms with E-state index in [0.29, 0.717) is 12.5 Å². The van der Waals surface area contributed by atoms with Crippen LogP contribution >= 0.6 is 0 Å². The molecule has 0 atom stereocenters. The lowest BCUT2D eigenvalue weighted by molar-refractivity contribution is 0.279. The van der Waals surface area contributed by atoms with Crippen molar-refractivity contribution in [1.29, 1.82) is 0 Å². The van der Waals surface area contributed by atoms with Gasteiger partial charge in [0.2, 0.25) is 5.90 Å². The Kier molecular flexibility index (Phi) is 5.45. The van der Waals surface area contributed by atoms with Crippen LogP contribution in [0.4, 0.5) is 0 Å². The predicted octanol–water partition coefficient (Wildman–Crippen LogP) is 4.81. The average molecular weight is 422 g/mol. The monoisotopic (exact) mass is 421 g/mol. The second kappa shape index (κ2) is 8.05. The van der Waals surface area contributed by atoms with Gasteiger partial charge in [0.1, 0.15) is 6.61 Å². The summed E-state index contributed by atoms with van der Waals surface area (Å²) in [5, 5.41) is 0. The molecule has 0 radical (unpaired) electrons. The Morgan fingerprint density at radius 2 is 1.53 bits per heavy atom. The van der Waals surface area contributed by atoms with Gasteiger partial charge in [-0.25, -0.2) is 4.99 Å². The molecule has 0 aliphatic carbocycles. The van der Waals surface area contributed by atoms with E-state index in [4.69, 9.17) is 8.92 Å². The first-order chi connectivity index (χ1) is 14.3. The molecule has 1 heterocycles. The van der Waals surface area contributed by atoms with Gasteiger partial charge in [-0.05, 0) is 48.7 Å². The van der Waals surface area contributed by atoms with Crippen LogP contribution in [0.15, 0.2) is 88.8 Å². The standard InChI is InChI=1S/C24H23NO4S/c1-24(2)17-28-23(25-24)22-11-7-6-10-21(22)19-14-12-18(13-15-19)16-29-30(26,27)20-8-4-3-5-9-20/h3-15H,16-17H2,1-2H3. The molecule has 3 aromatic rings. The van der Waals surface area contributed by atoms with Gasteiger partial charge in [0, 0.05) is 5.56 Å². The molecule has 0 unspecified atom stereocenters. The first-order valence-electron chi connectivity index (χ1n) is 9.70. The highest BCUT2D eigenvalue weighted by atomic mass is 32.2. The molecule has 0 saturated carbocycles. The second-order valence-electron chi connectivity index (χ2n) is 7.79. The van der Waals surface area contributed by atoms with Crippen molar-refractivity contribution in [1.82, 2.24) is 0 Å². The molecule has 0 N–H and O–H groups in total. The molecular weight excluding hydrogens is 398 g/mol. The van der Waals surface area contributed by atoms with E-state index in [1.807, 2.05) is 62.4 Å². The lowest BCUT2D eigenvalue weighted by Crippen LogP contribution is -2.17. The van der Waals surface area contributed by atoms with E-state index in [9.17, 15) is 8.42 Å². The molecule has 0 saturated heterocycles. The van der Waals surface area contributed by atoms with Crippen LogP contribution in [0.5, 0.6) is 0 Å². The predicted molar refractivity (Wildman–Crippen MR) is 117 cm³/mol. The third-order valence-corrected chi connectivity index (χ3v) is 6.08. The molecule has 6 heteroatoms. The van der Waals surface area contributed by atoms with E-state index in [0.717, 1.165) is 22.3 Å². The van der Waals surface area contributed by atoms with Crippen LogP contribution in [0.1, 0.15) is 25.0 Å². The third-order valence-electron chi connectivity index (χ3n) is 4.80. The summed E-state index contributed by atoms with van der Waals surface area (Å²) >= 11 is 0. The van der Waals surface area contributed by atoms with Crippen molar-refractivity contribution in [3.8, 4) is 11.1 Å². The number of benzene rings is 3. The van der Waals surface area contributed by atoms with Gasteiger partial charge in [-0.2, -0.15) is 8.42 Å². The maximum Gasteiger partial charge on any atom is 0.297 e. The van der Waals surface area contributed by atoms with Crippen LogP contribution in [0.2, 0.25) is 0 Å². The number of nitrogens with zero attached hydrogens (tertiary/aromatic N) is 1. The van der Waals surface area contributed by atoms with Crippen molar-refractivity contribution in [3.05, 3.63) is 90.0 Å². The Morgan fingerprint density at radius 1 is 0.900 bits per heavy atom. The number of ether oxygens (including phenoxy) is 1. The van der Waals surface area contributed by atoms with Crippen LogP contribution < -0.4 is 0 Å². The summed E-state index contributed by atoms with van der Waals surface area (Å²) in [6.45, 7) is 4.62. The van der Waals surface area contributed by atoms with Crippen molar-refractivity contribution in [2.24, 2.45) is 4.99 Å². The molecular formula is C24H23NO4S. The van der Waals surface area contributed by atoms with Gasteiger partial charge in [-0.15, -0.1) is 0 Å². The average Bonchev–Trinajstić information content (AvgIpc) is 3.13. The zero-order valence-corrected chi connectivity index (χ0v) is 17.7. The van der Waals surface area contributed by atoms with Gasteiger partial charge in [0.15, 0.2) is 0 Å². The SMILES string of the molecule is CC1(C)COC(c2ccccc2-c2ccc(COS(=O)(=O)c3ccccc3)cc2)=N1. The van der Waals surface area contributed by atoms with E-state index < -0.39 is 10.1 Å². The molecule has 30 heavy (non-hydrogen) atoms. The summed E-state index contributed by atoms with van der Waals surface area (Å²) in [5.74, 6) is 0.650. The molecule has 0 aromatic heterocycles. The zero-order chi connectivity index (χ0) is 21.2. The van der Waals surface area contributed by atoms with Gasteiger partial charge < -0.3 is 4.74 Å². The minimum Gasteiger partial charge on any atom is -0.475 e. The maximum absolute atomic E-state index is 12.3. The molecule has 0 fully saturated rings. The Balaban J connectivity index is 1.53. The minimum absolute atomic E-state index is 0.0246. The molecule has 5 nitrogen and oxygen atoms in total. The molecule has 154 valence electrons. The van der Waals surface area contributed by atoms with E-state index in [1.54, 1.807) is 18.2 Å². The number of hydrogen-bond donors (Lipinski definition) is 0. The van der Waals surface area contributed by atoms with Crippen molar-refractivity contribution in [2.75, 3.05) is 6.61 Å². The molecule has 0 amide bonds. The fourth-order valence-corrected chi connectivity index (χ4v) is 4.14. The Bertz CT molecular complexity index is 1170. The Morgan fingerprint density at radius 3 is 2.17 bits per heavy atom. The van der Waals surface area contributed by atoms with Crippen molar-refractivity contribution in [3.63, 3.8) is 0 Å². The van der Waals surface area contributed by atoms with Gasteiger partial charge in [-0.1, -0.05) is 60.7 Å². The van der Waals surface area contributed by atoms with E-state index in [-0.39, 0.29) is 17.0 Å². The molecule has 1 aliphatic heterocycles. The first-order valence-corrected chi connectivity index (χ1v) is 11.1. The van der Waals surface area contributed by atoms with Crippen molar-refractivity contribution >= 4 is 16.0 Å². The topological polar surface area (TPSA) is 65.0 Å². The zero-order valence-electron chi connectivity index (χ0n) is 16.9. The van der Waals surface area contributed by atoms with Crippen molar-refractivity contribution < 1.29 is 17.3 Å². The smallest absolute Gasteiger partial charge is 0.297 e. The lowest BCUT2D eigenvalue weighted by Gasteiger charge is -2.10. The fourth-order valence-electron chi connectivity index (χ4n) is 3.23. The maximum atomic E-state index is 12.3. The quantitative estimate of drug-likeness (QED) is 0.536. The van der Waals surface area contributed by atoms with Gasteiger partial charge in [-0.3, -0.25) is 4.18 Å². The minimum atomic E-state index is -3.78. The summed E-state index contributed by atoms with van der Waals surface area (Å²) in [6, 6.07) is 23.7. The van der Waals surface area contributed by atoms with Crippen LogP contribution in [-0.2, 0) is 25.6 Å². The molecule has 1 aliphatic rings. The number of aliphatic imine (C=N–C) groups is 1. The van der Waals surface area contributed by atoms with E-state index >= 15 is 0 Å². The Labute approximate surface area is 177 Å². The summed E-state index contributed by atoms with van der Waals surface area (Å²) in [5.41, 5.74) is 3.49. The molecule has 0 bridgehead atoms. The fraction of sp³-hybridized carbons (Fsp3) is 0.208. The highest BCUT2D eigenvalue weighted by Gasteiger charge is 2.28. The van der Waals surface area contributed by atoms with E-state index in [2.05, 4.69) is 4.99 Å². The molecule has 3 aromatic carbocycles. The van der Waals surface area contributed by atoms with Gasteiger partial charge in [0.05, 0.1) is 17.0 Å². The molecule has 0 spiro atoms. The highest BCUT2D eigenvalue weighted by molar-refractivity contribution is 7.86. The van der Waals surface area contributed by atoms with Crippen LogP contribution in [-0.4, -0.2) is 26.5 Å². The van der Waals surface area contributed by atoms with Crippen LogP contribution in [0, 0.1) is 0 Å². The largest absolute Gasteiger partial charge is 0.475 e. The van der Waals surface area contributed by atoms with Crippen molar-refractivity contribution in [2.45, 2.75) is 30.9 Å². The highest BCUT2D eigenvalue weighted by Crippen LogP contribution is 2.29. The van der Waals surface area contributed by atoms with Crippen LogP contribution in [0.3, 0.4) is 0 Å². The number of rotatable bonds is 6. The number of hydrogen-bond acceptors (Lipinski definition) is 5. The Hall–Kier alpha value is -2.96. The van der Waals surface area contributed by atoms with Crippen LogP contribution in [0.25, 0.3) is 11.1 Å². The van der Waals surface area contributed by atoms with Gasteiger partial charge >= 0.3 is 0 Å².